The number of nitrogens with zero attached hydrogens (tertiary/aromatic N) is 2. The fraction of sp³-hybridized carbons (Fsp3) is 0.125. The molecule has 0 spiro atoms. The van der Waals surface area contributed by atoms with E-state index in [4.69, 9.17) is 11.6 Å². The molecule has 0 aromatic heterocycles. The summed E-state index contributed by atoms with van der Waals surface area (Å²) in [6, 6.07) is 14.7. The molecule has 0 unspecified atom stereocenters. The van der Waals surface area contributed by atoms with Crippen LogP contribution in [0.2, 0.25) is 5.02 Å². The molecule has 108 valence electrons. The van der Waals surface area contributed by atoms with Crippen LogP contribution >= 0.6 is 11.6 Å². The Hall–Kier alpha value is -2.33. The van der Waals surface area contributed by atoms with Gasteiger partial charge >= 0.3 is 5.97 Å². The van der Waals surface area contributed by atoms with Gasteiger partial charge in [-0.15, -0.1) is 0 Å². The monoisotopic (exact) mass is 302 g/mol. The maximum atomic E-state index is 11.4. The van der Waals surface area contributed by atoms with Crippen LogP contribution in [0.3, 0.4) is 0 Å². The molecule has 0 aliphatic heterocycles. The topological polar surface area (TPSA) is 41.9 Å². The molecule has 5 heteroatoms. The first-order valence-electron chi connectivity index (χ1n) is 6.32. The zero-order valence-corrected chi connectivity index (χ0v) is 12.5. The summed E-state index contributed by atoms with van der Waals surface area (Å²) < 4.78 is 4.64. The zero-order chi connectivity index (χ0) is 15.2. The van der Waals surface area contributed by atoms with E-state index in [-0.39, 0.29) is 0 Å². The van der Waals surface area contributed by atoms with Crippen LogP contribution in [0.25, 0.3) is 0 Å². The van der Waals surface area contributed by atoms with Gasteiger partial charge in [0.05, 0.1) is 29.7 Å². The highest BCUT2D eigenvalue weighted by Crippen LogP contribution is 2.26. The van der Waals surface area contributed by atoms with Crippen molar-refractivity contribution in [3.05, 3.63) is 59.1 Å². The number of methoxy groups -OCH3 is 1. The van der Waals surface area contributed by atoms with Crippen molar-refractivity contribution in [2.75, 3.05) is 19.1 Å². The van der Waals surface area contributed by atoms with Gasteiger partial charge in [0.1, 0.15) is 0 Å². The molecular weight excluding hydrogens is 288 g/mol. The Kier molecular flexibility index (Phi) is 4.95. The van der Waals surface area contributed by atoms with E-state index in [2.05, 4.69) is 9.73 Å². The highest BCUT2D eigenvalue weighted by molar-refractivity contribution is 6.33. The number of hydrogen-bond donors (Lipinski definition) is 0. The van der Waals surface area contributed by atoms with Gasteiger partial charge in [-0.1, -0.05) is 29.8 Å². The number of para-hydroxylation sites is 1. The van der Waals surface area contributed by atoms with Crippen LogP contribution < -0.4 is 4.90 Å². The third-order valence-corrected chi connectivity index (χ3v) is 3.21. The quantitative estimate of drug-likeness (QED) is 0.488. The molecule has 4 nitrogen and oxygen atoms in total. The van der Waals surface area contributed by atoms with Gasteiger partial charge in [-0.2, -0.15) is 0 Å². The smallest absolute Gasteiger partial charge is 0.337 e. The summed E-state index contributed by atoms with van der Waals surface area (Å²) in [6.07, 6.45) is 1.67. The van der Waals surface area contributed by atoms with Gasteiger partial charge in [-0.3, -0.25) is 0 Å². The molecule has 2 aromatic carbocycles. The Morgan fingerprint density at radius 1 is 1.24 bits per heavy atom. The van der Waals surface area contributed by atoms with Crippen LogP contribution in [0.5, 0.6) is 0 Å². The maximum absolute atomic E-state index is 11.4. The lowest BCUT2D eigenvalue weighted by Gasteiger charge is -2.12. The average Bonchev–Trinajstić information content (AvgIpc) is 2.53. The second-order valence-corrected chi connectivity index (χ2v) is 4.76. The van der Waals surface area contributed by atoms with Crippen molar-refractivity contribution in [1.82, 2.24) is 0 Å². The number of esters is 1. The first kappa shape index (κ1) is 15.1. The van der Waals surface area contributed by atoms with Crippen molar-refractivity contribution in [3.8, 4) is 0 Å². The number of carbonyl (C=O) groups excluding carboxylic acids is 1. The second kappa shape index (κ2) is 6.90. The fourth-order valence-corrected chi connectivity index (χ4v) is 1.96. The molecule has 0 N–H and O–H groups in total. The number of ether oxygens (including phenoxy) is 1. The molecule has 0 saturated carbocycles. The summed E-state index contributed by atoms with van der Waals surface area (Å²) in [5.74, 6) is -0.422. The van der Waals surface area contributed by atoms with Crippen molar-refractivity contribution in [3.63, 3.8) is 0 Å². The van der Waals surface area contributed by atoms with Crippen molar-refractivity contribution in [2.24, 2.45) is 4.99 Å². The van der Waals surface area contributed by atoms with E-state index in [1.165, 1.54) is 7.11 Å². The van der Waals surface area contributed by atoms with Gasteiger partial charge < -0.3 is 9.64 Å². The van der Waals surface area contributed by atoms with Crippen LogP contribution in [0.4, 0.5) is 11.4 Å². The minimum absolute atomic E-state index is 0.399. The first-order valence-corrected chi connectivity index (χ1v) is 6.69. The summed E-state index contributed by atoms with van der Waals surface area (Å²) in [5, 5.41) is 0.399. The van der Waals surface area contributed by atoms with Gasteiger partial charge in [-0.05, 0) is 30.3 Å². The molecule has 0 heterocycles. The van der Waals surface area contributed by atoms with E-state index in [9.17, 15) is 4.79 Å². The summed E-state index contributed by atoms with van der Waals surface area (Å²) in [5.41, 5.74) is 2.01. The molecule has 0 aliphatic carbocycles. The summed E-state index contributed by atoms with van der Waals surface area (Å²) in [4.78, 5) is 17.6. The Morgan fingerprint density at radius 2 is 1.95 bits per heavy atom. The Bertz CT molecular complexity index is 657. The van der Waals surface area contributed by atoms with Gasteiger partial charge in [0.2, 0.25) is 0 Å². The van der Waals surface area contributed by atoms with Gasteiger partial charge in [0.15, 0.2) is 0 Å². The Morgan fingerprint density at radius 3 is 2.57 bits per heavy atom. The van der Waals surface area contributed by atoms with Crippen LogP contribution in [0.15, 0.2) is 53.5 Å². The largest absolute Gasteiger partial charge is 0.465 e. The highest BCUT2D eigenvalue weighted by atomic mass is 35.5. The fourth-order valence-electron chi connectivity index (χ4n) is 1.74. The minimum atomic E-state index is -0.422. The molecule has 0 amide bonds. The number of anilines is 1. The Balaban J connectivity index is 2.16. The number of rotatable bonds is 4. The van der Waals surface area contributed by atoms with Crippen molar-refractivity contribution in [1.29, 1.82) is 0 Å². The SMILES string of the molecule is COC(=O)c1ccc(/N=C\N(C)c2ccccc2)c(Cl)c1. The minimum Gasteiger partial charge on any atom is -0.465 e. The van der Waals surface area contributed by atoms with Crippen molar-refractivity contribution >= 4 is 35.3 Å². The molecule has 0 atom stereocenters. The summed E-state index contributed by atoms with van der Waals surface area (Å²) in [6.45, 7) is 0. The molecule has 0 saturated heterocycles. The predicted octanol–water partition coefficient (Wildman–Crippen LogP) is 3.92. The van der Waals surface area contributed by atoms with Crippen molar-refractivity contribution < 1.29 is 9.53 Å². The third kappa shape index (κ3) is 3.83. The van der Waals surface area contributed by atoms with E-state index in [0.29, 0.717) is 16.3 Å². The van der Waals surface area contributed by atoms with Crippen LogP contribution in [0.1, 0.15) is 10.4 Å². The molecule has 0 aliphatic rings. The van der Waals surface area contributed by atoms with E-state index < -0.39 is 5.97 Å². The van der Waals surface area contributed by atoms with E-state index in [1.54, 1.807) is 24.5 Å². The summed E-state index contributed by atoms with van der Waals surface area (Å²) >= 11 is 6.12. The molecule has 0 radical (unpaired) electrons. The molecule has 0 fully saturated rings. The number of halogens is 1. The lowest BCUT2D eigenvalue weighted by atomic mass is 10.2. The molecular formula is C16H15ClN2O2. The van der Waals surface area contributed by atoms with E-state index in [1.807, 2.05) is 42.3 Å². The van der Waals surface area contributed by atoms with E-state index in [0.717, 1.165) is 5.69 Å². The number of carbonyl (C=O) groups is 1. The first-order chi connectivity index (χ1) is 10.1. The molecule has 21 heavy (non-hydrogen) atoms. The maximum Gasteiger partial charge on any atom is 0.337 e. The third-order valence-electron chi connectivity index (χ3n) is 2.90. The molecule has 2 aromatic rings. The normalized spacial score (nSPS) is 10.6. The van der Waals surface area contributed by atoms with Crippen molar-refractivity contribution in [2.45, 2.75) is 0 Å². The van der Waals surface area contributed by atoms with Crippen LogP contribution in [-0.4, -0.2) is 26.5 Å². The Labute approximate surface area is 128 Å². The van der Waals surface area contributed by atoms with E-state index >= 15 is 0 Å². The zero-order valence-electron chi connectivity index (χ0n) is 11.8. The highest BCUT2D eigenvalue weighted by Gasteiger charge is 2.08. The number of benzene rings is 2. The van der Waals surface area contributed by atoms with Crippen LogP contribution in [0, 0.1) is 0 Å². The van der Waals surface area contributed by atoms with Crippen LogP contribution in [-0.2, 0) is 4.74 Å². The predicted molar refractivity (Wildman–Crippen MR) is 85.8 cm³/mol. The number of hydrogen-bond acceptors (Lipinski definition) is 3. The van der Waals surface area contributed by atoms with Gasteiger partial charge in [-0.25, -0.2) is 9.79 Å². The lowest BCUT2D eigenvalue weighted by molar-refractivity contribution is 0.0601. The average molecular weight is 303 g/mol. The molecule has 0 bridgehead atoms. The van der Waals surface area contributed by atoms with Gasteiger partial charge in [0, 0.05) is 12.7 Å². The van der Waals surface area contributed by atoms with Gasteiger partial charge in [0.25, 0.3) is 0 Å². The second-order valence-electron chi connectivity index (χ2n) is 4.35. The lowest BCUT2D eigenvalue weighted by Crippen LogP contribution is -2.13. The standard InChI is InChI=1S/C16H15ClN2O2/c1-19(13-6-4-3-5-7-13)11-18-15-9-8-12(10-14(15)17)16(20)21-2/h3-11H,1-2H3/b18-11-. The summed E-state index contributed by atoms with van der Waals surface area (Å²) in [7, 11) is 3.23. The molecule has 2 rings (SSSR count). The number of aliphatic imine (C=N–C) groups is 1.